The predicted molar refractivity (Wildman–Crippen MR) is 77.9 cm³/mol. The van der Waals surface area contributed by atoms with Gasteiger partial charge in [0.2, 0.25) is 0 Å². The van der Waals surface area contributed by atoms with Crippen molar-refractivity contribution in [3.63, 3.8) is 0 Å². The third kappa shape index (κ3) is 2.13. The zero-order valence-electron chi connectivity index (χ0n) is 10.7. The van der Waals surface area contributed by atoms with Gasteiger partial charge in [-0.1, -0.05) is 24.1 Å². The van der Waals surface area contributed by atoms with Gasteiger partial charge in [-0.05, 0) is 30.2 Å². The Hall–Kier alpha value is -2.47. The average Bonchev–Trinajstić information content (AvgIpc) is 2.89. The van der Waals surface area contributed by atoms with Crippen molar-refractivity contribution in [1.82, 2.24) is 4.98 Å². The van der Waals surface area contributed by atoms with Crippen LogP contribution in [0.2, 0.25) is 0 Å². The van der Waals surface area contributed by atoms with Crippen molar-refractivity contribution < 1.29 is 0 Å². The van der Waals surface area contributed by atoms with Crippen LogP contribution in [0.4, 0.5) is 11.4 Å². The first-order chi connectivity index (χ1) is 9.40. The molecule has 1 aromatic carbocycles. The Morgan fingerprint density at radius 2 is 2.00 bits per heavy atom. The highest BCUT2D eigenvalue weighted by atomic mass is 15.6. The summed E-state index contributed by atoms with van der Waals surface area (Å²) in [4.78, 5) is 4.06. The van der Waals surface area contributed by atoms with E-state index in [1.165, 1.54) is 11.3 Å². The predicted octanol–water partition coefficient (Wildman–Crippen LogP) is 2.50. The van der Waals surface area contributed by atoms with E-state index in [0.29, 0.717) is 6.54 Å². The molecule has 0 saturated carbocycles. The zero-order chi connectivity index (χ0) is 13.1. The molecule has 1 aromatic heterocycles. The summed E-state index contributed by atoms with van der Waals surface area (Å²) in [5.74, 6) is 2.74. The van der Waals surface area contributed by atoms with Crippen molar-refractivity contribution in [2.45, 2.75) is 6.42 Å². The molecule has 0 radical (unpaired) electrons. The first-order valence-corrected chi connectivity index (χ1v) is 6.36. The first kappa shape index (κ1) is 11.6. The Balaban J connectivity index is 1.97. The molecule has 0 saturated heterocycles. The minimum absolute atomic E-state index is 0.554. The van der Waals surface area contributed by atoms with E-state index in [4.69, 9.17) is 6.42 Å². The summed E-state index contributed by atoms with van der Waals surface area (Å²) in [5.41, 5.74) is 3.69. The number of benzene rings is 1. The van der Waals surface area contributed by atoms with Gasteiger partial charge in [-0.2, -0.15) is 0 Å². The molecule has 0 N–H and O–H groups in total. The molecule has 0 amide bonds. The largest absolute Gasteiger partial charge is 0.284 e. The van der Waals surface area contributed by atoms with Crippen LogP contribution < -0.4 is 10.0 Å². The molecule has 19 heavy (non-hydrogen) atoms. The number of terminal acetylenes is 1. The third-order valence-electron chi connectivity index (χ3n) is 3.36. The van der Waals surface area contributed by atoms with E-state index in [1.54, 1.807) is 12.4 Å². The van der Waals surface area contributed by atoms with Crippen LogP contribution in [-0.2, 0) is 6.42 Å². The molecule has 0 spiro atoms. The molecule has 1 aliphatic heterocycles. The van der Waals surface area contributed by atoms with E-state index >= 15 is 0 Å². The summed E-state index contributed by atoms with van der Waals surface area (Å²) in [6, 6.07) is 12.4. The second kappa shape index (κ2) is 5.03. The first-order valence-electron chi connectivity index (χ1n) is 6.36. The van der Waals surface area contributed by atoms with Gasteiger partial charge in [0.25, 0.3) is 0 Å². The lowest BCUT2D eigenvalue weighted by molar-refractivity contribution is 0.787. The number of hydrogen-bond acceptors (Lipinski definition) is 3. The molecule has 0 bridgehead atoms. The van der Waals surface area contributed by atoms with Crippen LogP contribution in [0, 0.1) is 12.3 Å². The number of rotatable bonds is 3. The lowest BCUT2D eigenvalue weighted by Crippen LogP contribution is -2.42. The van der Waals surface area contributed by atoms with E-state index in [9.17, 15) is 0 Å². The fraction of sp³-hybridized carbons (Fsp3) is 0.188. The fourth-order valence-electron chi connectivity index (χ4n) is 2.49. The quantitative estimate of drug-likeness (QED) is 0.779. The van der Waals surface area contributed by atoms with Crippen LogP contribution in [0.15, 0.2) is 48.8 Å². The van der Waals surface area contributed by atoms with Crippen LogP contribution in [0.3, 0.4) is 0 Å². The summed E-state index contributed by atoms with van der Waals surface area (Å²) in [5, 5.41) is 4.39. The van der Waals surface area contributed by atoms with E-state index in [2.05, 4.69) is 45.2 Å². The van der Waals surface area contributed by atoms with E-state index < -0.39 is 0 Å². The molecule has 2 aromatic rings. The highest BCUT2D eigenvalue weighted by Crippen LogP contribution is 2.30. The van der Waals surface area contributed by atoms with Crippen LogP contribution in [0.5, 0.6) is 0 Å². The van der Waals surface area contributed by atoms with E-state index in [-0.39, 0.29) is 0 Å². The smallest absolute Gasteiger partial charge is 0.100 e. The maximum atomic E-state index is 5.52. The number of para-hydroxylation sites is 1. The molecule has 3 nitrogen and oxygen atoms in total. The minimum atomic E-state index is 0.554. The van der Waals surface area contributed by atoms with Crippen LogP contribution in [-0.4, -0.2) is 18.1 Å². The number of aromatic nitrogens is 1. The molecule has 3 heteroatoms. The van der Waals surface area contributed by atoms with Gasteiger partial charge in [-0.25, -0.2) is 0 Å². The summed E-state index contributed by atoms with van der Waals surface area (Å²) in [6.45, 7) is 1.52. The van der Waals surface area contributed by atoms with E-state index in [1.807, 2.05) is 12.1 Å². The van der Waals surface area contributed by atoms with E-state index in [0.717, 1.165) is 18.7 Å². The van der Waals surface area contributed by atoms with Crippen LogP contribution in [0.25, 0.3) is 0 Å². The number of nitrogens with zero attached hydrogens (tertiary/aromatic N) is 3. The van der Waals surface area contributed by atoms with Crippen molar-refractivity contribution >= 4 is 11.4 Å². The molecular formula is C16H15N3. The SMILES string of the molecule is C#CCN(c1ccncc1)N1CCc2ccccc21. The lowest BCUT2D eigenvalue weighted by atomic mass is 10.2. The topological polar surface area (TPSA) is 19.4 Å². The normalized spacial score (nSPS) is 12.9. The Morgan fingerprint density at radius 3 is 2.79 bits per heavy atom. The Kier molecular flexibility index (Phi) is 3.07. The maximum Gasteiger partial charge on any atom is 0.100 e. The highest BCUT2D eigenvalue weighted by molar-refractivity contribution is 5.64. The van der Waals surface area contributed by atoms with Gasteiger partial charge in [-0.15, -0.1) is 6.42 Å². The number of fused-ring (bicyclic) bond motifs is 1. The summed E-state index contributed by atoms with van der Waals surface area (Å²) >= 11 is 0. The third-order valence-corrected chi connectivity index (χ3v) is 3.36. The van der Waals surface area contributed by atoms with Gasteiger partial charge < -0.3 is 0 Å². The molecule has 1 aliphatic rings. The van der Waals surface area contributed by atoms with Crippen LogP contribution >= 0.6 is 0 Å². The van der Waals surface area contributed by atoms with Crippen LogP contribution in [0.1, 0.15) is 5.56 Å². The highest BCUT2D eigenvalue weighted by Gasteiger charge is 2.23. The van der Waals surface area contributed by atoms with Crippen molar-refractivity contribution in [2.24, 2.45) is 0 Å². The molecule has 0 fully saturated rings. The second-order valence-electron chi connectivity index (χ2n) is 4.47. The number of pyridine rings is 1. The second-order valence-corrected chi connectivity index (χ2v) is 4.47. The molecule has 3 rings (SSSR count). The Labute approximate surface area is 113 Å². The Bertz CT molecular complexity index is 601. The molecular weight excluding hydrogens is 234 g/mol. The minimum Gasteiger partial charge on any atom is -0.284 e. The van der Waals surface area contributed by atoms with Crippen molar-refractivity contribution in [2.75, 3.05) is 23.1 Å². The maximum absolute atomic E-state index is 5.52. The Morgan fingerprint density at radius 1 is 1.21 bits per heavy atom. The van der Waals surface area contributed by atoms with Gasteiger partial charge >= 0.3 is 0 Å². The molecule has 0 aliphatic carbocycles. The monoisotopic (exact) mass is 249 g/mol. The van der Waals surface area contributed by atoms with Gasteiger partial charge in [-0.3, -0.25) is 15.0 Å². The molecule has 0 atom stereocenters. The molecule has 94 valence electrons. The fourth-order valence-corrected chi connectivity index (χ4v) is 2.49. The number of hydrazine groups is 1. The van der Waals surface area contributed by atoms with Gasteiger partial charge in [0, 0.05) is 18.9 Å². The summed E-state index contributed by atoms with van der Waals surface area (Å²) < 4.78 is 0. The number of hydrogen-bond donors (Lipinski definition) is 0. The number of anilines is 2. The standard InChI is InChI=1S/C16H15N3/c1-2-12-18(15-7-10-17-11-8-15)19-13-9-14-5-3-4-6-16(14)19/h1,3-8,10-11H,9,12-13H2. The molecule has 0 unspecified atom stereocenters. The average molecular weight is 249 g/mol. The van der Waals surface area contributed by atoms with Gasteiger partial charge in [0.15, 0.2) is 0 Å². The van der Waals surface area contributed by atoms with Crippen molar-refractivity contribution in [3.05, 3.63) is 54.4 Å². The zero-order valence-corrected chi connectivity index (χ0v) is 10.7. The van der Waals surface area contributed by atoms with Gasteiger partial charge in [0.05, 0.1) is 11.4 Å². The lowest BCUT2D eigenvalue weighted by Gasteiger charge is -2.34. The molecule has 2 heterocycles. The summed E-state index contributed by atoms with van der Waals surface area (Å²) in [6.07, 6.45) is 10.2. The van der Waals surface area contributed by atoms with Crippen molar-refractivity contribution in [1.29, 1.82) is 0 Å². The van der Waals surface area contributed by atoms with Gasteiger partial charge in [0.1, 0.15) is 6.54 Å². The van der Waals surface area contributed by atoms with Crippen molar-refractivity contribution in [3.8, 4) is 12.3 Å². The summed E-state index contributed by atoms with van der Waals surface area (Å²) in [7, 11) is 0.